The first-order chi connectivity index (χ1) is 11.4. The second-order valence-corrected chi connectivity index (χ2v) is 6.35. The maximum Gasteiger partial charge on any atom is 0.309 e. The summed E-state index contributed by atoms with van der Waals surface area (Å²) in [6.07, 6.45) is 1.52. The Balaban J connectivity index is 1.98. The molecule has 1 N–H and O–H groups in total. The average molecular weight is 349 g/mol. The largest absolute Gasteiger partial charge is 0.481 e. The van der Waals surface area contributed by atoms with E-state index in [0.29, 0.717) is 23.1 Å². The third-order valence-corrected chi connectivity index (χ3v) is 4.72. The highest BCUT2D eigenvalue weighted by Gasteiger charge is 2.45. The van der Waals surface area contributed by atoms with Gasteiger partial charge in [0.05, 0.1) is 10.9 Å². The monoisotopic (exact) mass is 348 g/mol. The topological polar surface area (TPSA) is 88.3 Å². The van der Waals surface area contributed by atoms with Crippen LogP contribution in [0.3, 0.4) is 0 Å². The molecule has 1 unspecified atom stereocenters. The van der Waals surface area contributed by atoms with Crippen LogP contribution >= 0.6 is 11.6 Å². The smallest absolute Gasteiger partial charge is 0.309 e. The maximum atomic E-state index is 11.8. The summed E-state index contributed by atoms with van der Waals surface area (Å²) < 4.78 is 1.24. The number of anilines is 1. The molecule has 3 atom stereocenters. The van der Waals surface area contributed by atoms with E-state index in [0.717, 1.165) is 0 Å². The van der Waals surface area contributed by atoms with Crippen molar-refractivity contribution >= 4 is 23.4 Å². The molecule has 1 aliphatic rings. The molecule has 2 aromatic rings. The van der Waals surface area contributed by atoms with Crippen LogP contribution in [0.2, 0.25) is 5.02 Å². The van der Waals surface area contributed by atoms with Crippen molar-refractivity contribution in [3.05, 3.63) is 51.5 Å². The fourth-order valence-electron chi connectivity index (χ4n) is 3.23. The highest BCUT2D eigenvalue weighted by molar-refractivity contribution is 6.30. The molecule has 8 heteroatoms. The van der Waals surface area contributed by atoms with Gasteiger partial charge >= 0.3 is 5.97 Å². The highest BCUT2D eigenvalue weighted by Crippen LogP contribution is 2.38. The van der Waals surface area contributed by atoms with Gasteiger partial charge in [0.25, 0.3) is 5.56 Å². The average Bonchev–Trinajstić information content (AvgIpc) is 2.88. The molecule has 2 aromatic heterocycles. The van der Waals surface area contributed by atoms with E-state index < -0.39 is 11.9 Å². The van der Waals surface area contributed by atoms with Crippen molar-refractivity contribution in [2.24, 2.45) is 13.0 Å². The quantitative estimate of drug-likeness (QED) is 0.904. The fraction of sp³-hybridized carbons (Fsp3) is 0.375. The minimum Gasteiger partial charge on any atom is -0.481 e. The molecule has 1 saturated heterocycles. The molecule has 3 heterocycles. The SMILES string of the molecule is CC1[C@@H](C(=O)O)[C@H](c2ccc(Cl)cn2)CN1c1ccc(=O)n(C)n1. The van der Waals surface area contributed by atoms with Gasteiger partial charge in [-0.2, -0.15) is 5.10 Å². The van der Waals surface area contributed by atoms with Crippen molar-refractivity contribution < 1.29 is 9.90 Å². The predicted octanol–water partition coefficient (Wildman–Crippen LogP) is 1.52. The number of hydrogen-bond donors (Lipinski definition) is 1. The van der Waals surface area contributed by atoms with Gasteiger partial charge in [-0.15, -0.1) is 0 Å². The van der Waals surface area contributed by atoms with Gasteiger partial charge in [0.1, 0.15) is 5.82 Å². The van der Waals surface area contributed by atoms with Gasteiger partial charge in [0, 0.05) is 43.5 Å². The number of nitrogens with zero attached hydrogens (tertiary/aromatic N) is 4. The summed E-state index contributed by atoms with van der Waals surface area (Å²) in [6.45, 7) is 2.31. The van der Waals surface area contributed by atoms with Crippen molar-refractivity contribution in [3.63, 3.8) is 0 Å². The predicted molar refractivity (Wildman–Crippen MR) is 89.4 cm³/mol. The third-order valence-electron chi connectivity index (χ3n) is 4.49. The van der Waals surface area contributed by atoms with Crippen LogP contribution in [-0.4, -0.2) is 38.4 Å². The lowest BCUT2D eigenvalue weighted by Crippen LogP contribution is -2.35. The van der Waals surface area contributed by atoms with Crippen LogP contribution in [0, 0.1) is 5.92 Å². The van der Waals surface area contributed by atoms with E-state index in [9.17, 15) is 14.7 Å². The van der Waals surface area contributed by atoms with E-state index in [2.05, 4.69) is 10.1 Å². The lowest BCUT2D eigenvalue weighted by atomic mass is 9.88. The summed E-state index contributed by atoms with van der Waals surface area (Å²) >= 11 is 5.87. The molecule has 24 heavy (non-hydrogen) atoms. The molecule has 0 aliphatic carbocycles. The molecule has 0 amide bonds. The van der Waals surface area contributed by atoms with Crippen LogP contribution in [0.4, 0.5) is 5.82 Å². The second kappa shape index (κ2) is 6.24. The molecule has 7 nitrogen and oxygen atoms in total. The van der Waals surface area contributed by atoms with E-state index >= 15 is 0 Å². The Morgan fingerprint density at radius 1 is 1.33 bits per heavy atom. The van der Waals surface area contributed by atoms with Crippen LogP contribution in [-0.2, 0) is 11.8 Å². The molecular weight excluding hydrogens is 332 g/mol. The Kier molecular flexibility index (Phi) is 4.28. The Labute approximate surface area is 143 Å². The van der Waals surface area contributed by atoms with E-state index in [-0.39, 0.29) is 17.5 Å². The van der Waals surface area contributed by atoms with Crippen LogP contribution in [0.1, 0.15) is 18.5 Å². The number of hydrogen-bond acceptors (Lipinski definition) is 5. The van der Waals surface area contributed by atoms with Gasteiger partial charge in [0.15, 0.2) is 0 Å². The van der Waals surface area contributed by atoms with Crippen LogP contribution in [0.5, 0.6) is 0 Å². The lowest BCUT2D eigenvalue weighted by molar-refractivity contribution is -0.142. The van der Waals surface area contributed by atoms with Crippen LogP contribution < -0.4 is 10.5 Å². The minimum absolute atomic E-state index is 0.212. The molecule has 126 valence electrons. The summed E-state index contributed by atoms with van der Waals surface area (Å²) in [7, 11) is 1.57. The maximum absolute atomic E-state index is 11.8. The van der Waals surface area contributed by atoms with Crippen molar-refractivity contribution in [2.45, 2.75) is 18.9 Å². The summed E-state index contributed by atoms with van der Waals surface area (Å²) in [5.41, 5.74) is 0.474. The van der Waals surface area contributed by atoms with Crippen molar-refractivity contribution in [1.82, 2.24) is 14.8 Å². The first-order valence-electron chi connectivity index (χ1n) is 7.53. The molecular formula is C16H17ClN4O3. The number of carboxylic acids is 1. The van der Waals surface area contributed by atoms with Crippen molar-refractivity contribution in [3.8, 4) is 0 Å². The number of halogens is 1. The van der Waals surface area contributed by atoms with Crippen LogP contribution in [0.25, 0.3) is 0 Å². The first kappa shape index (κ1) is 16.4. The van der Waals surface area contributed by atoms with Crippen LogP contribution in [0.15, 0.2) is 35.3 Å². The number of aliphatic carboxylic acids is 1. The number of pyridine rings is 1. The second-order valence-electron chi connectivity index (χ2n) is 5.92. The molecule has 3 rings (SSSR count). The third kappa shape index (κ3) is 2.87. The summed E-state index contributed by atoms with van der Waals surface area (Å²) in [5, 5.41) is 14.4. The summed E-state index contributed by atoms with van der Waals surface area (Å²) in [4.78, 5) is 29.5. The molecule has 0 aromatic carbocycles. The molecule has 1 fully saturated rings. The fourth-order valence-corrected chi connectivity index (χ4v) is 3.34. The standard InChI is InChI=1S/C16H17ClN4O3/c1-9-15(16(23)24)11(12-4-3-10(17)7-18-12)8-21(9)13-5-6-14(22)20(2)19-13/h3-7,9,11,15H,8H2,1-2H3,(H,23,24)/t9?,11-,15+/m0/s1. The number of carboxylic acid groups (broad SMARTS) is 1. The first-order valence-corrected chi connectivity index (χ1v) is 7.91. The minimum atomic E-state index is -0.878. The van der Waals surface area contributed by atoms with E-state index in [1.54, 1.807) is 25.2 Å². The molecule has 0 radical (unpaired) electrons. The zero-order valence-electron chi connectivity index (χ0n) is 13.3. The Bertz CT molecular complexity index is 821. The van der Waals surface area contributed by atoms with Gasteiger partial charge in [0.2, 0.25) is 0 Å². The van der Waals surface area contributed by atoms with E-state index in [1.165, 1.54) is 16.9 Å². The lowest BCUT2D eigenvalue weighted by Gasteiger charge is -2.24. The van der Waals surface area contributed by atoms with Gasteiger partial charge in [-0.05, 0) is 25.1 Å². The number of aromatic nitrogens is 3. The number of rotatable bonds is 3. The molecule has 1 aliphatic heterocycles. The van der Waals surface area contributed by atoms with Crippen molar-refractivity contribution in [1.29, 1.82) is 0 Å². The Hall–Kier alpha value is -2.41. The number of carbonyl (C=O) groups is 1. The zero-order valence-corrected chi connectivity index (χ0v) is 14.0. The van der Waals surface area contributed by atoms with Gasteiger partial charge in [-0.3, -0.25) is 14.6 Å². The van der Waals surface area contributed by atoms with Gasteiger partial charge in [-0.25, -0.2) is 4.68 Å². The highest BCUT2D eigenvalue weighted by atomic mass is 35.5. The van der Waals surface area contributed by atoms with Gasteiger partial charge < -0.3 is 10.0 Å². The van der Waals surface area contributed by atoms with Gasteiger partial charge in [-0.1, -0.05) is 11.6 Å². The number of aryl methyl sites for hydroxylation is 1. The normalized spacial score (nSPS) is 23.5. The van der Waals surface area contributed by atoms with Crippen molar-refractivity contribution in [2.75, 3.05) is 11.4 Å². The Morgan fingerprint density at radius 3 is 2.67 bits per heavy atom. The van der Waals surface area contributed by atoms with E-state index in [4.69, 9.17) is 11.6 Å². The zero-order chi connectivity index (χ0) is 17.4. The molecule has 0 spiro atoms. The summed E-state index contributed by atoms with van der Waals surface area (Å²) in [6, 6.07) is 6.23. The molecule has 0 bridgehead atoms. The summed E-state index contributed by atoms with van der Waals surface area (Å²) in [5.74, 6) is -1.21. The Morgan fingerprint density at radius 2 is 2.08 bits per heavy atom. The molecule has 0 saturated carbocycles. The van der Waals surface area contributed by atoms with E-state index in [1.807, 2.05) is 11.8 Å².